The lowest BCUT2D eigenvalue weighted by molar-refractivity contribution is 0.691. The Hall–Kier alpha value is -0.710. The van der Waals surface area contributed by atoms with Gasteiger partial charge < -0.3 is 0 Å². The molecule has 2 rings (SSSR count). The van der Waals surface area contributed by atoms with Crippen LogP contribution in [0.3, 0.4) is 0 Å². The normalized spacial score (nSPS) is 12.3. The molecule has 1 unspecified atom stereocenters. The summed E-state index contributed by atoms with van der Waals surface area (Å²) < 4.78 is 12.1. The lowest BCUT2D eigenvalue weighted by Gasteiger charge is -2.02. The van der Waals surface area contributed by atoms with Gasteiger partial charge in [-0.3, -0.25) is 0 Å². The fourth-order valence-corrected chi connectivity index (χ4v) is 4.08. The summed E-state index contributed by atoms with van der Waals surface area (Å²) in [5.74, 6) is 0. The average Bonchev–Trinajstić information content (AvgIpc) is 2.40. The van der Waals surface area contributed by atoms with Crippen LogP contribution in [0.15, 0.2) is 69.3 Å². The van der Waals surface area contributed by atoms with E-state index >= 15 is 0 Å². The maximum Gasteiger partial charge on any atom is 0.117 e. The molecule has 0 bridgehead atoms. The molecule has 0 aliphatic heterocycles. The molecule has 0 aliphatic carbocycles. The Morgan fingerprint density at radius 1 is 0.882 bits per heavy atom. The molecule has 0 saturated heterocycles. The molecule has 0 aliphatic rings. The molecule has 1 nitrogen and oxygen atoms in total. The third-order valence-corrected chi connectivity index (χ3v) is 5.79. The van der Waals surface area contributed by atoms with E-state index in [2.05, 4.69) is 0 Å². The molecular weight excluding hydrogens is 268 g/mol. The van der Waals surface area contributed by atoms with Crippen molar-refractivity contribution in [1.82, 2.24) is 0 Å². The minimum Gasteiger partial charge on any atom is -0.242 e. The standard InChI is InChI=1S/C13H12OS3/c1-15-11-7-9-13(10-8-11)17(14)16-12-5-3-2-4-6-12/h2-10H,1H3. The van der Waals surface area contributed by atoms with Gasteiger partial charge in [-0.05, 0) is 53.4 Å². The molecular formula is C13H12OS3. The first-order chi connectivity index (χ1) is 8.29. The Balaban J connectivity index is 2.09. The van der Waals surface area contributed by atoms with Crippen molar-refractivity contribution in [2.45, 2.75) is 14.7 Å². The number of thioether (sulfide) groups is 1. The van der Waals surface area contributed by atoms with Gasteiger partial charge in [0.05, 0.1) is 4.90 Å². The van der Waals surface area contributed by atoms with Crippen molar-refractivity contribution < 1.29 is 4.21 Å². The Kier molecular flexibility index (Phi) is 4.71. The van der Waals surface area contributed by atoms with E-state index in [-0.39, 0.29) is 0 Å². The molecule has 0 spiro atoms. The minimum absolute atomic E-state index is 0.858. The summed E-state index contributed by atoms with van der Waals surface area (Å²) in [6, 6.07) is 17.7. The third kappa shape index (κ3) is 3.63. The highest BCUT2D eigenvalue weighted by Crippen LogP contribution is 2.27. The summed E-state index contributed by atoms with van der Waals surface area (Å²) in [4.78, 5) is 3.08. The summed E-state index contributed by atoms with van der Waals surface area (Å²) in [5.41, 5.74) is 0. The lowest BCUT2D eigenvalue weighted by Crippen LogP contribution is -1.85. The third-order valence-electron chi connectivity index (χ3n) is 2.17. The van der Waals surface area contributed by atoms with Crippen molar-refractivity contribution >= 4 is 32.4 Å². The van der Waals surface area contributed by atoms with Crippen LogP contribution in [0, 0.1) is 0 Å². The number of benzene rings is 2. The molecule has 0 aromatic heterocycles. The molecule has 0 heterocycles. The van der Waals surface area contributed by atoms with Gasteiger partial charge in [0, 0.05) is 9.79 Å². The zero-order chi connectivity index (χ0) is 12.1. The van der Waals surface area contributed by atoms with Crippen molar-refractivity contribution in [3.63, 3.8) is 0 Å². The number of hydrogen-bond donors (Lipinski definition) is 0. The molecule has 2 aromatic carbocycles. The van der Waals surface area contributed by atoms with Crippen LogP contribution in [-0.2, 0) is 9.83 Å². The number of rotatable bonds is 4. The predicted octanol–water partition coefficient (Wildman–Crippen LogP) is 4.22. The molecule has 17 heavy (non-hydrogen) atoms. The highest BCUT2D eigenvalue weighted by molar-refractivity contribution is 8.69. The second kappa shape index (κ2) is 6.28. The Morgan fingerprint density at radius 2 is 1.53 bits per heavy atom. The molecule has 1 atom stereocenters. The highest BCUT2D eigenvalue weighted by Gasteiger charge is 2.05. The van der Waals surface area contributed by atoms with Crippen LogP contribution in [0.4, 0.5) is 0 Å². The first-order valence-corrected chi connectivity index (χ1v) is 8.79. The maximum absolute atomic E-state index is 12.1. The van der Waals surface area contributed by atoms with Crippen LogP contribution in [0.25, 0.3) is 0 Å². The van der Waals surface area contributed by atoms with E-state index in [0.717, 1.165) is 9.79 Å². The van der Waals surface area contributed by atoms with E-state index in [1.54, 1.807) is 11.8 Å². The highest BCUT2D eigenvalue weighted by atomic mass is 33.1. The van der Waals surface area contributed by atoms with Crippen LogP contribution in [0.2, 0.25) is 0 Å². The van der Waals surface area contributed by atoms with Gasteiger partial charge in [-0.15, -0.1) is 11.8 Å². The second-order valence-corrected chi connectivity index (χ2v) is 7.17. The Morgan fingerprint density at radius 3 is 2.12 bits per heavy atom. The van der Waals surface area contributed by atoms with E-state index in [4.69, 9.17) is 0 Å². The van der Waals surface area contributed by atoms with Crippen LogP contribution >= 0.6 is 22.6 Å². The quantitative estimate of drug-likeness (QED) is 0.616. The molecule has 0 fully saturated rings. The first-order valence-electron chi connectivity index (χ1n) is 5.09. The number of hydrogen-bond acceptors (Lipinski definition) is 3. The van der Waals surface area contributed by atoms with E-state index < -0.39 is 9.83 Å². The van der Waals surface area contributed by atoms with E-state index in [9.17, 15) is 4.21 Å². The average molecular weight is 280 g/mol. The molecule has 0 N–H and O–H groups in total. The van der Waals surface area contributed by atoms with E-state index in [0.29, 0.717) is 0 Å². The van der Waals surface area contributed by atoms with Crippen molar-refractivity contribution in [3.8, 4) is 0 Å². The smallest absolute Gasteiger partial charge is 0.117 e. The van der Waals surface area contributed by atoms with Crippen LogP contribution < -0.4 is 0 Å². The summed E-state index contributed by atoms with van der Waals surface area (Å²) >= 11 is 1.69. The van der Waals surface area contributed by atoms with Crippen molar-refractivity contribution in [3.05, 3.63) is 54.6 Å². The maximum atomic E-state index is 12.1. The lowest BCUT2D eigenvalue weighted by atomic mass is 10.4. The molecule has 0 saturated carbocycles. The summed E-state index contributed by atoms with van der Waals surface area (Å²) in [6.07, 6.45) is 2.03. The first kappa shape index (κ1) is 12.7. The molecule has 2 aromatic rings. The zero-order valence-corrected chi connectivity index (χ0v) is 11.8. The van der Waals surface area contributed by atoms with Crippen molar-refractivity contribution in [2.24, 2.45) is 0 Å². The van der Waals surface area contributed by atoms with E-state index in [1.807, 2.05) is 60.9 Å². The van der Waals surface area contributed by atoms with Gasteiger partial charge in [-0.1, -0.05) is 18.2 Å². The van der Waals surface area contributed by atoms with Gasteiger partial charge in [0.1, 0.15) is 9.83 Å². The van der Waals surface area contributed by atoms with Gasteiger partial charge in [-0.2, -0.15) is 0 Å². The van der Waals surface area contributed by atoms with Gasteiger partial charge in [0.15, 0.2) is 0 Å². The van der Waals surface area contributed by atoms with Crippen LogP contribution in [-0.4, -0.2) is 10.5 Å². The fraction of sp³-hybridized carbons (Fsp3) is 0.0769. The SMILES string of the molecule is CSc1ccc(S(=O)Sc2ccccc2)cc1. The zero-order valence-electron chi connectivity index (χ0n) is 9.33. The van der Waals surface area contributed by atoms with Gasteiger partial charge in [0.2, 0.25) is 0 Å². The van der Waals surface area contributed by atoms with Crippen LogP contribution in [0.5, 0.6) is 0 Å². The van der Waals surface area contributed by atoms with Crippen molar-refractivity contribution in [2.75, 3.05) is 6.26 Å². The molecule has 0 amide bonds. The Labute approximate surface area is 112 Å². The topological polar surface area (TPSA) is 17.1 Å². The second-order valence-electron chi connectivity index (χ2n) is 3.31. The summed E-state index contributed by atoms with van der Waals surface area (Å²) in [7, 11) is 0.338. The summed E-state index contributed by atoms with van der Waals surface area (Å²) in [5, 5.41) is 0. The van der Waals surface area contributed by atoms with Crippen LogP contribution in [0.1, 0.15) is 0 Å². The minimum atomic E-state index is -1.04. The van der Waals surface area contributed by atoms with Gasteiger partial charge in [-0.25, -0.2) is 4.21 Å². The van der Waals surface area contributed by atoms with Gasteiger partial charge >= 0.3 is 0 Å². The fourth-order valence-electron chi connectivity index (χ4n) is 1.30. The Bertz CT molecular complexity index is 494. The monoisotopic (exact) mass is 280 g/mol. The largest absolute Gasteiger partial charge is 0.242 e. The van der Waals surface area contributed by atoms with E-state index in [1.165, 1.54) is 15.7 Å². The molecule has 88 valence electrons. The summed E-state index contributed by atoms with van der Waals surface area (Å²) in [6.45, 7) is 0. The predicted molar refractivity (Wildman–Crippen MR) is 76.9 cm³/mol. The van der Waals surface area contributed by atoms with Crippen molar-refractivity contribution in [1.29, 1.82) is 0 Å². The molecule has 0 radical (unpaired) electrons. The molecule has 4 heteroatoms. The van der Waals surface area contributed by atoms with Gasteiger partial charge in [0.25, 0.3) is 0 Å².